The molecule has 72 valence electrons. The first kappa shape index (κ1) is 11.4. The topological polar surface area (TPSA) is 108 Å². The molecule has 0 rings (SSSR count). The smallest absolute Gasteiger partial charge is 0.370 e. The van der Waals surface area contributed by atoms with Gasteiger partial charge in [-0.25, -0.2) is 9.56 Å². The summed E-state index contributed by atoms with van der Waals surface area (Å²) in [6.45, 7) is 5.30. The van der Waals surface area contributed by atoms with Gasteiger partial charge in [-0.15, -0.1) is 0 Å². The number of nitrogens with one attached hydrogen (secondary N) is 1. The highest BCUT2D eigenvalue weighted by atomic mass is 31.2. The molecule has 0 spiro atoms. The molecule has 0 amide bonds. The highest BCUT2D eigenvalue weighted by molar-refractivity contribution is 7.50. The molecule has 0 fully saturated rings. The maximum atomic E-state index is 10.4. The summed E-state index contributed by atoms with van der Waals surface area (Å²) in [4.78, 5) is 20.6. The van der Waals surface area contributed by atoms with Gasteiger partial charge in [-0.2, -0.15) is 0 Å². The molecule has 0 radical (unpaired) electrons. The first-order chi connectivity index (χ1) is 5.10. The van der Waals surface area contributed by atoms with Crippen LogP contribution in [0.4, 0.5) is 0 Å². The van der Waals surface area contributed by atoms with Gasteiger partial charge < -0.3 is 15.5 Å². The minimum absolute atomic E-state index is 0.254. The van der Waals surface area contributed by atoms with Gasteiger partial charge in [-0.05, 0) is 20.8 Å². The molecule has 0 saturated heterocycles. The van der Waals surface area contributed by atoms with Crippen molar-refractivity contribution in [1.82, 2.24) is 5.09 Å². The maximum Gasteiger partial charge on any atom is 0.429 e. The lowest BCUT2D eigenvalue weighted by molar-refractivity contribution is 0.367. The van der Waals surface area contributed by atoms with Gasteiger partial charge in [0.25, 0.3) is 0 Å². The molecule has 5 N–H and O–H groups in total. The first-order valence-corrected chi connectivity index (χ1v) is 4.90. The number of guanidine groups is 1. The van der Waals surface area contributed by atoms with Crippen molar-refractivity contribution in [1.29, 1.82) is 0 Å². The average molecular weight is 195 g/mol. The van der Waals surface area contributed by atoms with E-state index in [1.807, 2.05) is 0 Å². The lowest BCUT2D eigenvalue weighted by atomic mass is 10.1. The molecule has 0 aliphatic rings. The van der Waals surface area contributed by atoms with Crippen LogP contribution in [0.15, 0.2) is 4.99 Å². The highest BCUT2D eigenvalue weighted by Crippen LogP contribution is 2.27. The Morgan fingerprint density at radius 3 is 2.17 bits per heavy atom. The number of hydrogen-bond acceptors (Lipinski definition) is 2. The SMILES string of the molecule is CC(C)(C)N=C(N)NP(=O)(O)O. The van der Waals surface area contributed by atoms with E-state index in [0.717, 1.165) is 0 Å². The van der Waals surface area contributed by atoms with E-state index in [1.165, 1.54) is 0 Å². The van der Waals surface area contributed by atoms with Crippen molar-refractivity contribution < 1.29 is 14.4 Å². The fraction of sp³-hybridized carbons (Fsp3) is 0.800. The van der Waals surface area contributed by atoms with Crippen LogP contribution in [0.2, 0.25) is 0 Å². The third-order valence-electron chi connectivity index (χ3n) is 0.716. The van der Waals surface area contributed by atoms with E-state index >= 15 is 0 Å². The fourth-order valence-corrected chi connectivity index (χ4v) is 0.884. The molecule has 0 saturated carbocycles. The zero-order valence-corrected chi connectivity index (χ0v) is 8.17. The van der Waals surface area contributed by atoms with E-state index in [0.29, 0.717) is 0 Å². The van der Waals surface area contributed by atoms with Crippen LogP contribution in [0.3, 0.4) is 0 Å². The summed E-state index contributed by atoms with van der Waals surface area (Å²) in [5.74, 6) is -0.254. The fourth-order valence-electron chi connectivity index (χ4n) is 0.536. The third kappa shape index (κ3) is 7.53. The molecule has 0 aromatic carbocycles. The predicted octanol–water partition coefficient (Wildman–Crippen LogP) is -0.218. The van der Waals surface area contributed by atoms with Crippen molar-refractivity contribution in [3.63, 3.8) is 0 Å². The molecule has 0 aliphatic heterocycles. The Hall–Kier alpha value is -0.580. The molecule has 7 heteroatoms. The second-order valence-electron chi connectivity index (χ2n) is 3.32. The zero-order valence-electron chi connectivity index (χ0n) is 7.27. The first-order valence-electron chi connectivity index (χ1n) is 3.29. The van der Waals surface area contributed by atoms with Crippen LogP contribution in [0.5, 0.6) is 0 Å². The minimum atomic E-state index is -4.31. The summed E-state index contributed by atoms with van der Waals surface area (Å²) in [5.41, 5.74) is 4.74. The summed E-state index contributed by atoms with van der Waals surface area (Å²) in [6, 6.07) is 0. The van der Waals surface area contributed by atoms with E-state index in [1.54, 1.807) is 25.9 Å². The molecule has 0 aromatic rings. The molecule has 0 aromatic heterocycles. The Labute approximate surface area is 71.1 Å². The van der Waals surface area contributed by atoms with Crippen molar-refractivity contribution in [2.75, 3.05) is 0 Å². The van der Waals surface area contributed by atoms with Gasteiger partial charge in [0.15, 0.2) is 5.96 Å². The molecular weight excluding hydrogens is 181 g/mol. The van der Waals surface area contributed by atoms with Crippen molar-refractivity contribution in [2.24, 2.45) is 10.7 Å². The Balaban J connectivity index is 4.33. The van der Waals surface area contributed by atoms with E-state index in [4.69, 9.17) is 15.5 Å². The van der Waals surface area contributed by atoms with Crippen molar-refractivity contribution in [3.05, 3.63) is 0 Å². The Morgan fingerprint density at radius 2 is 1.92 bits per heavy atom. The van der Waals surface area contributed by atoms with Gasteiger partial charge in [0.2, 0.25) is 0 Å². The summed E-state index contributed by atoms with van der Waals surface area (Å²) in [7, 11) is -4.31. The second-order valence-corrected chi connectivity index (χ2v) is 4.64. The molecule has 0 unspecified atom stereocenters. The van der Waals surface area contributed by atoms with E-state index in [2.05, 4.69) is 4.99 Å². The Bertz CT molecular complexity index is 227. The lowest BCUT2D eigenvalue weighted by Gasteiger charge is -2.14. The van der Waals surface area contributed by atoms with Crippen LogP contribution < -0.4 is 10.8 Å². The second kappa shape index (κ2) is 3.43. The summed E-state index contributed by atoms with van der Waals surface area (Å²) >= 11 is 0. The van der Waals surface area contributed by atoms with E-state index in [9.17, 15) is 4.57 Å². The van der Waals surface area contributed by atoms with Crippen molar-refractivity contribution in [3.8, 4) is 0 Å². The van der Waals surface area contributed by atoms with Gasteiger partial charge in [0.05, 0.1) is 5.54 Å². The summed E-state index contributed by atoms with van der Waals surface area (Å²) in [5, 5.41) is 1.77. The number of nitrogens with two attached hydrogens (primary N) is 1. The van der Waals surface area contributed by atoms with Crippen molar-refractivity contribution in [2.45, 2.75) is 26.3 Å². The monoisotopic (exact) mass is 195 g/mol. The van der Waals surface area contributed by atoms with Crippen LogP contribution in [0.25, 0.3) is 0 Å². The van der Waals surface area contributed by atoms with Gasteiger partial charge in [0, 0.05) is 0 Å². The molecule has 0 atom stereocenters. The van der Waals surface area contributed by atoms with Gasteiger partial charge in [-0.3, -0.25) is 5.09 Å². The van der Waals surface area contributed by atoms with Gasteiger partial charge >= 0.3 is 7.75 Å². The highest BCUT2D eigenvalue weighted by Gasteiger charge is 2.15. The molecule has 0 heterocycles. The molecule has 0 bridgehead atoms. The molecular formula is C5H14N3O3P. The average Bonchev–Trinajstić information content (AvgIpc) is 1.49. The lowest BCUT2D eigenvalue weighted by Crippen LogP contribution is -2.32. The summed E-state index contributed by atoms with van der Waals surface area (Å²) in [6.07, 6.45) is 0. The standard InChI is InChI=1S/C5H14N3O3P/c1-5(2,3)7-4(6)8-12(9,10)11/h1-3H3,(H5,6,7,8,9,10,11). The van der Waals surface area contributed by atoms with Crippen LogP contribution in [-0.2, 0) is 4.57 Å². The third-order valence-corrected chi connectivity index (χ3v) is 1.24. The van der Waals surface area contributed by atoms with E-state index in [-0.39, 0.29) is 5.96 Å². The van der Waals surface area contributed by atoms with Crippen molar-refractivity contribution >= 4 is 13.7 Å². The zero-order chi connectivity index (χ0) is 9.99. The van der Waals surface area contributed by atoms with Gasteiger partial charge in [0.1, 0.15) is 0 Å². The molecule has 6 nitrogen and oxygen atoms in total. The number of hydrogen-bond donors (Lipinski definition) is 4. The summed E-state index contributed by atoms with van der Waals surface area (Å²) < 4.78 is 10.4. The van der Waals surface area contributed by atoms with Crippen LogP contribution in [-0.4, -0.2) is 21.3 Å². The maximum absolute atomic E-state index is 10.4. The van der Waals surface area contributed by atoms with Crippen LogP contribution in [0, 0.1) is 0 Å². The van der Waals surface area contributed by atoms with Crippen LogP contribution >= 0.6 is 7.75 Å². The molecule has 0 aliphatic carbocycles. The van der Waals surface area contributed by atoms with Crippen LogP contribution in [0.1, 0.15) is 20.8 Å². The molecule has 12 heavy (non-hydrogen) atoms. The normalized spacial score (nSPS) is 14.6. The van der Waals surface area contributed by atoms with Gasteiger partial charge in [-0.1, -0.05) is 0 Å². The number of aliphatic imine (C=N–C) groups is 1. The Kier molecular flexibility index (Phi) is 3.26. The minimum Gasteiger partial charge on any atom is -0.370 e. The largest absolute Gasteiger partial charge is 0.429 e. The predicted molar refractivity (Wildman–Crippen MR) is 46.6 cm³/mol. The number of nitrogens with zero attached hydrogens (tertiary/aromatic N) is 1. The Morgan fingerprint density at radius 1 is 1.50 bits per heavy atom. The number of rotatable bonds is 1. The quantitative estimate of drug-likeness (QED) is 0.263. The van der Waals surface area contributed by atoms with E-state index < -0.39 is 13.3 Å².